The lowest BCUT2D eigenvalue weighted by Gasteiger charge is -2.37. The van der Waals surface area contributed by atoms with Gasteiger partial charge in [0.15, 0.2) is 11.5 Å². The van der Waals surface area contributed by atoms with Crippen LogP contribution in [0.2, 0.25) is 20.1 Å². The van der Waals surface area contributed by atoms with E-state index in [4.69, 9.17) is 60.6 Å². The highest BCUT2D eigenvalue weighted by atomic mass is 35.5. The Bertz CT molecular complexity index is 1080. The van der Waals surface area contributed by atoms with Gasteiger partial charge in [-0.15, -0.1) is 0 Å². The molecule has 0 aliphatic heterocycles. The van der Waals surface area contributed by atoms with E-state index in [0.717, 1.165) is 25.7 Å². The molecule has 0 aliphatic carbocycles. The number of rotatable bonds is 20. The monoisotopic (exact) mass is 678 g/mol. The Morgan fingerprint density at radius 2 is 1.00 bits per heavy atom. The van der Waals surface area contributed by atoms with Crippen molar-refractivity contribution in [2.75, 3.05) is 0 Å². The van der Waals surface area contributed by atoms with Crippen molar-refractivity contribution in [1.29, 1.82) is 0 Å². The summed E-state index contributed by atoms with van der Waals surface area (Å²) >= 11 is 25.4. The van der Waals surface area contributed by atoms with Crippen LogP contribution in [0.4, 0.5) is 0 Å². The maximum atomic E-state index is 12.8. The van der Waals surface area contributed by atoms with Crippen LogP contribution in [0.1, 0.15) is 91.9 Å². The van der Waals surface area contributed by atoms with Crippen LogP contribution in [0, 0.1) is 0 Å². The van der Waals surface area contributed by atoms with E-state index in [9.17, 15) is 19.8 Å². The Labute approximate surface area is 274 Å². The Balaban J connectivity index is 2.48. The number of benzene rings is 2. The van der Waals surface area contributed by atoms with Gasteiger partial charge in [-0.05, 0) is 49.9 Å². The molecular weight excluding hydrogens is 638 g/mol. The van der Waals surface area contributed by atoms with Gasteiger partial charge < -0.3 is 24.4 Å². The number of aliphatic carboxylic acids is 2. The highest BCUT2D eigenvalue weighted by Gasteiger charge is 2.46. The van der Waals surface area contributed by atoms with Gasteiger partial charge in [-0.2, -0.15) is 0 Å². The lowest BCUT2D eigenvalue weighted by Crippen LogP contribution is -2.50. The molecule has 0 heterocycles. The zero-order chi connectivity index (χ0) is 32.2. The van der Waals surface area contributed by atoms with Crippen molar-refractivity contribution >= 4 is 58.3 Å². The standard InChI is InChI=1S/C32H42Cl4O7/c1-5-9-13-21(19-31(7-3,29(37)38)42-27-23(33)15-11-16-24(27)34)41-22(14-10-6-2)20-32(8-4,30(39)40)43-28-25(35)17-12-18-26(28)36/h11-12,15-18,21-22H,5-10,13-14,19-20H2,1-4H3,(H,37,38)(H,39,40). The number of ether oxygens (including phenoxy) is 3. The predicted octanol–water partition coefficient (Wildman–Crippen LogP) is 10.1. The topological polar surface area (TPSA) is 102 Å². The molecule has 7 nitrogen and oxygen atoms in total. The Hall–Kier alpha value is -1.90. The fourth-order valence-corrected chi connectivity index (χ4v) is 5.89. The van der Waals surface area contributed by atoms with Gasteiger partial charge in [-0.25, -0.2) is 9.59 Å². The summed E-state index contributed by atoms with van der Waals surface area (Å²) < 4.78 is 18.9. The van der Waals surface area contributed by atoms with Crippen LogP contribution in [0.5, 0.6) is 11.5 Å². The minimum absolute atomic E-state index is 0.00753. The summed E-state index contributed by atoms with van der Waals surface area (Å²) in [6.45, 7) is 7.50. The molecule has 0 bridgehead atoms. The van der Waals surface area contributed by atoms with E-state index in [1.807, 2.05) is 13.8 Å². The summed E-state index contributed by atoms with van der Waals surface area (Å²) in [4.78, 5) is 25.6. The van der Waals surface area contributed by atoms with Crippen LogP contribution >= 0.6 is 46.4 Å². The van der Waals surface area contributed by atoms with Crippen molar-refractivity contribution in [2.45, 2.75) is 115 Å². The van der Waals surface area contributed by atoms with E-state index < -0.39 is 35.3 Å². The summed E-state index contributed by atoms with van der Waals surface area (Å²) in [5, 5.41) is 21.7. The Morgan fingerprint density at radius 3 is 1.26 bits per heavy atom. The Kier molecular flexibility index (Phi) is 15.2. The smallest absolute Gasteiger partial charge is 0.348 e. The summed E-state index contributed by atoms with van der Waals surface area (Å²) in [5.74, 6) is -2.17. The third-order valence-electron chi connectivity index (χ3n) is 7.61. The second-order valence-corrected chi connectivity index (χ2v) is 12.3. The van der Waals surface area contributed by atoms with Crippen molar-refractivity contribution in [3.05, 3.63) is 56.5 Å². The molecule has 2 N–H and O–H groups in total. The molecule has 240 valence electrons. The van der Waals surface area contributed by atoms with E-state index in [-0.39, 0.29) is 57.3 Å². The predicted molar refractivity (Wildman–Crippen MR) is 172 cm³/mol. The zero-order valence-electron chi connectivity index (χ0n) is 25.1. The number of hydrogen-bond acceptors (Lipinski definition) is 5. The highest BCUT2D eigenvalue weighted by Crippen LogP contribution is 2.40. The minimum Gasteiger partial charge on any atom is -0.478 e. The SMILES string of the molecule is CCCCC(CC(CC)(Oc1c(Cl)cccc1Cl)C(=O)O)OC(CCCC)CC(CC)(Oc1c(Cl)cccc1Cl)C(=O)O. The molecule has 0 saturated heterocycles. The number of halogens is 4. The molecule has 0 radical (unpaired) electrons. The molecule has 0 aromatic heterocycles. The number of carbonyl (C=O) groups is 2. The van der Waals surface area contributed by atoms with E-state index in [0.29, 0.717) is 12.8 Å². The van der Waals surface area contributed by atoms with Crippen molar-refractivity contribution in [2.24, 2.45) is 0 Å². The molecule has 0 saturated carbocycles. The van der Waals surface area contributed by atoms with Crippen LogP contribution in [0.25, 0.3) is 0 Å². The first-order chi connectivity index (χ1) is 20.4. The van der Waals surface area contributed by atoms with E-state index in [1.54, 1.807) is 50.2 Å². The number of unbranched alkanes of at least 4 members (excludes halogenated alkanes) is 2. The fourth-order valence-electron chi connectivity index (χ4n) is 4.94. The third kappa shape index (κ3) is 10.1. The lowest BCUT2D eigenvalue weighted by molar-refractivity contribution is -0.166. The number of para-hydroxylation sites is 2. The van der Waals surface area contributed by atoms with E-state index in [1.165, 1.54) is 0 Å². The Morgan fingerprint density at radius 1 is 0.674 bits per heavy atom. The van der Waals surface area contributed by atoms with Crippen molar-refractivity contribution in [3.8, 4) is 11.5 Å². The summed E-state index contributed by atoms with van der Waals surface area (Å²) in [6.07, 6.45) is 3.36. The van der Waals surface area contributed by atoms with Gasteiger partial charge in [0.2, 0.25) is 11.2 Å². The second kappa shape index (κ2) is 17.6. The first-order valence-corrected chi connectivity index (χ1v) is 16.3. The molecule has 0 spiro atoms. The third-order valence-corrected chi connectivity index (χ3v) is 8.80. The number of hydrogen-bond donors (Lipinski definition) is 2. The molecule has 2 aromatic carbocycles. The molecule has 0 aliphatic rings. The fraction of sp³-hybridized carbons (Fsp3) is 0.562. The molecule has 43 heavy (non-hydrogen) atoms. The average molecular weight is 680 g/mol. The maximum absolute atomic E-state index is 12.8. The van der Waals surface area contributed by atoms with Gasteiger partial charge in [0.25, 0.3) is 0 Å². The second-order valence-electron chi connectivity index (χ2n) is 10.7. The zero-order valence-corrected chi connectivity index (χ0v) is 28.2. The van der Waals surface area contributed by atoms with Crippen molar-refractivity contribution in [1.82, 2.24) is 0 Å². The van der Waals surface area contributed by atoms with E-state index in [2.05, 4.69) is 0 Å². The molecule has 0 fully saturated rings. The molecule has 4 atom stereocenters. The van der Waals surface area contributed by atoms with Crippen LogP contribution in [0.3, 0.4) is 0 Å². The molecule has 4 unspecified atom stereocenters. The molecule has 11 heteroatoms. The van der Waals surface area contributed by atoms with Gasteiger partial charge in [0.05, 0.1) is 32.3 Å². The summed E-state index contributed by atoms with van der Waals surface area (Å²) in [7, 11) is 0. The maximum Gasteiger partial charge on any atom is 0.348 e. The van der Waals surface area contributed by atoms with Gasteiger partial charge >= 0.3 is 11.9 Å². The van der Waals surface area contributed by atoms with Crippen molar-refractivity contribution < 1.29 is 34.0 Å². The molecule has 0 amide bonds. The number of carboxylic acids is 2. The van der Waals surface area contributed by atoms with Crippen LogP contribution < -0.4 is 9.47 Å². The van der Waals surface area contributed by atoms with Crippen LogP contribution in [0.15, 0.2) is 36.4 Å². The molecule has 2 rings (SSSR count). The van der Waals surface area contributed by atoms with Gasteiger partial charge in [0.1, 0.15) is 0 Å². The molecule has 2 aromatic rings. The normalized spacial score (nSPS) is 15.6. The first-order valence-electron chi connectivity index (χ1n) is 14.8. The highest BCUT2D eigenvalue weighted by molar-refractivity contribution is 6.37. The number of carboxylic acid groups (broad SMARTS) is 2. The van der Waals surface area contributed by atoms with E-state index >= 15 is 0 Å². The largest absolute Gasteiger partial charge is 0.478 e. The first kappa shape index (κ1) is 37.3. The van der Waals surface area contributed by atoms with Crippen LogP contribution in [-0.2, 0) is 14.3 Å². The summed E-state index contributed by atoms with van der Waals surface area (Å²) in [6, 6.07) is 9.63. The van der Waals surface area contributed by atoms with Crippen LogP contribution in [-0.4, -0.2) is 45.6 Å². The van der Waals surface area contributed by atoms with Gasteiger partial charge in [-0.3, -0.25) is 0 Å². The minimum atomic E-state index is -1.70. The van der Waals surface area contributed by atoms with Gasteiger partial charge in [0, 0.05) is 12.8 Å². The quantitative estimate of drug-likeness (QED) is 0.144. The molecular formula is C32H42Cl4O7. The van der Waals surface area contributed by atoms with Crippen molar-refractivity contribution in [3.63, 3.8) is 0 Å². The average Bonchev–Trinajstić information content (AvgIpc) is 2.96. The lowest BCUT2D eigenvalue weighted by atomic mass is 9.88. The van der Waals surface area contributed by atoms with Gasteiger partial charge in [-0.1, -0.05) is 112 Å². The summed E-state index contributed by atoms with van der Waals surface area (Å²) in [5.41, 5.74) is -3.39.